The highest BCUT2D eigenvalue weighted by molar-refractivity contribution is 6.05. The Morgan fingerprint density at radius 1 is 1.12 bits per heavy atom. The Kier molecular flexibility index (Phi) is 4.84. The number of aryl methyl sites for hydroxylation is 1. The second-order valence-corrected chi connectivity index (χ2v) is 5.74. The molecular formula is C20H19NO4. The van der Waals surface area contributed by atoms with Gasteiger partial charge in [-0.15, -0.1) is 0 Å². The quantitative estimate of drug-likeness (QED) is 0.724. The number of amides is 1. The lowest BCUT2D eigenvalue weighted by Crippen LogP contribution is -2.24. The lowest BCUT2D eigenvalue weighted by atomic mass is 10.1. The summed E-state index contributed by atoms with van der Waals surface area (Å²) in [5, 5.41) is 3.42. The summed E-state index contributed by atoms with van der Waals surface area (Å²) in [6.07, 6.45) is 0. The summed E-state index contributed by atoms with van der Waals surface area (Å²) < 4.78 is 10.6. The number of carbonyl (C=O) groups excluding carboxylic acids is 1. The molecule has 5 nitrogen and oxygen atoms in total. The smallest absolute Gasteiger partial charge is 0.337 e. The highest BCUT2D eigenvalue weighted by Gasteiger charge is 2.13. The van der Waals surface area contributed by atoms with E-state index in [4.69, 9.17) is 9.15 Å². The minimum absolute atomic E-state index is 0.293. The summed E-state index contributed by atoms with van der Waals surface area (Å²) in [6, 6.07) is 14.2. The summed E-state index contributed by atoms with van der Waals surface area (Å²) in [5.41, 5.74) is 2.21. The lowest BCUT2D eigenvalue weighted by Gasteiger charge is -2.09. The molecule has 0 fully saturated rings. The Morgan fingerprint density at radius 2 is 1.88 bits per heavy atom. The van der Waals surface area contributed by atoms with E-state index in [-0.39, 0.29) is 5.91 Å². The highest BCUT2D eigenvalue weighted by Crippen LogP contribution is 2.22. The fourth-order valence-electron chi connectivity index (χ4n) is 2.57. The maximum absolute atomic E-state index is 12.5. The minimum atomic E-state index is -0.568. The van der Waals surface area contributed by atoms with Gasteiger partial charge in [0.1, 0.15) is 11.3 Å². The van der Waals surface area contributed by atoms with Gasteiger partial charge in [-0.05, 0) is 31.5 Å². The topological polar surface area (TPSA) is 68.5 Å². The van der Waals surface area contributed by atoms with Gasteiger partial charge in [0.25, 0.3) is 5.91 Å². The fourth-order valence-corrected chi connectivity index (χ4v) is 2.57. The van der Waals surface area contributed by atoms with Crippen LogP contribution in [-0.2, 0) is 6.54 Å². The number of rotatable bonds is 5. The molecule has 0 unspecified atom stereocenters. The first-order chi connectivity index (χ1) is 12.1. The van der Waals surface area contributed by atoms with Crippen molar-refractivity contribution in [3.8, 4) is 5.75 Å². The number of ether oxygens (including phenoxy) is 1. The zero-order valence-corrected chi connectivity index (χ0v) is 14.2. The van der Waals surface area contributed by atoms with Crippen LogP contribution in [0, 0.1) is 6.92 Å². The predicted molar refractivity (Wildman–Crippen MR) is 96.0 cm³/mol. The predicted octanol–water partition coefficient (Wildman–Crippen LogP) is 3.43. The van der Waals surface area contributed by atoms with Gasteiger partial charge in [-0.1, -0.05) is 29.8 Å². The van der Waals surface area contributed by atoms with Crippen molar-refractivity contribution in [1.29, 1.82) is 0 Å². The Balaban J connectivity index is 1.87. The molecule has 0 aliphatic carbocycles. The van der Waals surface area contributed by atoms with Crippen LogP contribution in [0.1, 0.15) is 28.4 Å². The van der Waals surface area contributed by atoms with Gasteiger partial charge in [0.05, 0.1) is 12.2 Å². The minimum Gasteiger partial charge on any atom is -0.494 e. The number of hydrogen-bond acceptors (Lipinski definition) is 4. The van der Waals surface area contributed by atoms with Crippen LogP contribution >= 0.6 is 0 Å². The van der Waals surface area contributed by atoms with Crippen LogP contribution < -0.4 is 15.7 Å². The third-order valence-corrected chi connectivity index (χ3v) is 3.85. The molecule has 0 saturated carbocycles. The maximum Gasteiger partial charge on any atom is 0.337 e. The Bertz CT molecular complexity index is 958. The molecule has 0 radical (unpaired) electrons. The molecule has 5 heteroatoms. The summed E-state index contributed by atoms with van der Waals surface area (Å²) in [6.45, 7) is 4.77. The number of hydrogen-bond donors (Lipinski definition) is 1. The van der Waals surface area contributed by atoms with E-state index in [1.54, 1.807) is 18.2 Å². The molecular weight excluding hydrogens is 318 g/mol. The van der Waals surface area contributed by atoms with Crippen LogP contribution in [0.15, 0.2) is 57.7 Å². The van der Waals surface area contributed by atoms with Crippen LogP contribution in [0.5, 0.6) is 5.75 Å². The Morgan fingerprint density at radius 3 is 2.60 bits per heavy atom. The third-order valence-electron chi connectivity index (χ3n) is 3.85. The van der Waals surface area contributed by atoms with Crippen LogP contribution in [0.2, 0.25) is 0 Å². The first-order valence-corrected chi connectivity index (χ1v) is 8.11. The molecule has 128 valence electrons. The van der Waals surface area contributed by atoms with Gasteiger partial charge in [0.15, 0.2) is 0 Å². The highest BCUT2D eigenvalue weighted by atomic mass is 16.5. The van der Waals surface area contributed by atoms with Crippen molar-refractivity contribution < 1.29 is 13.9 Å². The first kappa shape index (κ1) is 16.8. The van der Waals surface area contributed by atoms with Gasteiger partial charge < -0.3 is 14.5 Å². The van der Waals surface area contributed by atoms with E-state index >= 15 is 0 Å². The molecule has 0 aliphatic rings. The molecule has 1 heterocycles. The molecule has 1 amide bonds. The number of benzene rings is 2. The van der Waals surface area contributed by atoms with Gasteiger partial charge in [-0.2, -0.15) is 0 Å². The monoisotopic (exact) mass is 337 g/mol. The lowest BCUT2D eigenvalue weighted by molar-refractivity contribution is 0.0952. The largest absolute Gasteiger partial charge is 0.494 e. The van der Waals surface area contributed by atoms with E-state index in [2.05, 4.69) is 5.32 Å². The van der Waals surface area contributed by atoms with E-state index in [1.165, 1.54) is 6.07 Å². The van der Waals surface area contributed by atoms with Gasteiger partial charge in [0, 0.05) is 24.1 Å². The average molecular weight is 337 g/mol. The Hall–Kier alpha value is -3.08. The van der Waals surface area contributed by atoms with E-state index in [1.807, 2.05) is 38.1 Å². The van der Waals surface area contributed by atoms with E-state index in [0.29, 0.717) is 35.4 Å². The average Bonchev–Trinajstić information content (AvgIpc) is 2.60. The van der Waals surface area contributed by atoms with E-state index in [0.717, 1.165) is 11.1 Å². The van der Waals surface area contributed by atoms with Crippen molar-refractivity contribution in [2.45, 2.75) is 20.4 Å². The summed E-state index contributed by atoms with van der Waals surface area (Å²) in [4.78, 5) is 24.3. The van der Waals surface area contributed by atoms with Crippen LogP contribution in [-0.4, -0.2) is 12.5 Å². The molecule has 0 saturated heterocycles. The SMILES string of the molecule is CCOc1ccc2c(C(=O)NCc3ccc(C)cc3)cc(=O)oc2c1. The second-order valence-electron chi connectivity index (χ2n) is 5.74. The normalized spacial score (nSPS) is 10.6. The van der Waals surface area contributed by atoms with E-state index in [9.17, 15) is 9.59 Å². The van der Waals surface area contributed by atoms with Gasteiger partial charge in [-0.3, -0.25) is 4.79 Å². The van der Waals surface area contributed by atoms with Crippen molar-refractivity contribution in [2.75, 3.05) is 6.61 Å². The molecule has 2 aromatic carbocycles. The summed E-state index contributed by atoms with van der Waals surface area (Å²) in [5.74, 6) is 0.276. The van der Waals surface area contributed by atoms with Crippen molar-refractivity contribution in [3.05, 3.63) is 75.6 Å². The molecule has 0 bridgehead atoms. The molecule has 0 aliphatic heterocycles. The molecule has 0 spiro atoms. The van der Waals surface area contributed by atoms with Crippen LogP contribution in [0.4, 0.5) is 0 Å². The molecule has 25 heavy (non-hydrogen) atoms. The van der Waals surface area contributed by atoms with Crippen molar-refractivity contribution in [2.24, 2.45) is 0 Å². The van der Waals surface area contributed by atoms with Crippen molar-refractivity contribution in [3.63, 3.8) is 0 Å². The first-order valence-electron chi connectivity index (χ1n) is 8.11. The molecule has 1 N–H and O–H groups in total. The molecule has 0 atom stereocenters. The molecule has 1 aromatic heterocycles. The van der Waals surface area contributed by atoms with Gasteiger partial charge in [-0.25, -0.2) is 4.79 Å². The summed E-state index contributed by atoms with van der Waals surface area (Å²) in [7, 11) is 0. The number of carbonyl (C=O) groups is 1. The summed E-state index contributed by atoms with van der Waals surface area (Å²) >= 11 is 0. The van der Waals surface area contributed by atoms with Crippen molar-refractivity contribution in [1.82, 2.24) is 5.32 Å². The molecule has 3 aromatic rings. The standard InChI is InChI=1S/C20H19NO4/c1-3-24-15-8-9-16-17(11-19(22)25-18(16)10-15)20(23)21-12-14-6-4-13(2)5-7-14/h4-11H,3,12H2,1-2H3,(H,21,23). The number of nitrogens with one attached hydrogen (secondary N) is 1. The maximum atomic E-state index is 12.5. The Labute approximate surface area is 145 Å². The number of fused-ring (bicyclic) bond motifs is 1. The zero-order chi connectivity index (χ0) is 17.8. The van der Waals surface area contributed by atoms with Crippen molar-refractivity contribution >= 4 is 16.9 Å². The van der Waals surface area contributed by atoms with Gasteiger partial charge in [0.2, 0.25) is 0 Å². The van der Waals surface area contributed by atoms with Crippen LogP contribution in [0.3, 0.4) is 0 Å². The van der Waals surface area contributed by atoms with Gasteiger partial charge >= 0.3 is 5.63 Å². The van der Waals surface area contributed by atoms with E-state index < -0.39 is 5.63 Å². The molecule has 3 rings (SSSR count). The zero-order valence-electron chi connectivity index (χ0n) is 14.2. The second kappa shape index (κ2) is 7.21. The van der Waals surface area contributed by atoms with Crippen LogP contribution in [0.25, 0.3) is 11.0 Å². The third kappa shape index (κ3) is 3.88. The fraction of sp³-hybridized carbons (Fsp3) is 0.200.